The van der Waals surface area contributed by atoms with Gasteiger partial charge in [-0.3, -0.25) is 9.69 Å². The van der Waals surface area contributed by atoms with Crippen LogP contribution in [0.3, 0.4) is 0 Å². The standard InChI is InChI=1S/C24H28N4O/c1-26-14-16-28(17-15-26)23(20-8-3-2-4-9-20)19-25-24(29)21-10-7-11-22(18-21)27-12-5-6-13-27/h2-13,18,23H,14-17,19H2,1H3,(H,25,29). The van der Waals surface area contributed by atoms with Gasteiger partial charge in [-0.2, -0.15) is 0 Å². The van der Waals surface area contributed by atoms with Crippen LogP contribution in [0.15, 0.2) is 79.1 Å². The van der Waals surface area contributed by atoms with Gasteiger partial charge >= 0.3 is 0 Å². The fraction of sp³-hybridized carbons (Fsp3) is 0.292. The van der Waals surface area contributed by atoms with Crippen molar-refractivity contribution in [1.82, 2.24) is 19.7 Å². The van der Waals surface area contributed by atoms with Crippen LogP contribution >= 0.6 is 0 Å². The minimum atomic E-state index is -0.0333. The number of benzene rings is 2. The summed E-state index contributed by atoms with van der Waals surface area (Å²) in [4.78, 5) is 17.7. The number of hydrogen-bond acceptors (Lipinski definition) is 3. The molecule has 1 aliphatic rings. The summed E-state index contributed by atoms with van der Waals surface area (Å²) in [6.07, 6.45) is 3.96. The van der Waals surface area contributed by atoms with Crippen LogP contribution in [0, 0.1) is 0 Å². The highest BCUT2D eigenvalue weighted by Gasteiger charge is 2.24. The molecule has 4 rings (SSSR count). The lowest BCUT2D eigenvalue weighted by Gasteiger charge is -2.38. The normalized spacial score (nSPS) is 16.4. The Labute approximate surface area is 172 Å². The summed E-state index contributed by atoms with van der Waals surface area (Å²) in [5, 5.41) is 3.18. The van der Waals surface area contributed by atoms with Crippen molar-refractivity contribution in [2.24, 2.45) is 0 Å². The third kappa shape index (κ3) is 4.75. The fourth-order valence-corrected chi connectivity index (χ4v) is 3.87. The number of piperazine rings is 1. The lowest BCUT2D eigenvalue weighted by Crippen LogP contribution is -2.48. The molecule has 0 aliphatic carbocycles. The molecule has 1 N–H and O–H groups in total. The van der Waals surface area contributed by atoms with Crippen LogP contribution in [0.25, 0.3) is 5.69 Å². The van der Waals surface area contributed by atoms with Crippen LogP contribution in [-0.4, -0.2) is 60.0 Å². The zero-order valence-corrected chi connectivity index (χ0v) is 16.9. The number of aromatic nitrogens is 1. The zero-order chi connectivity index (χ0) is 20.1. The van der Waals surface area contributed by atoms with Crippen molar-refractivity contribution in [1.29, 1.82) is 0 Å². The predicted molar refractivity (Wildman–Crippen MR) is 116 cm³/mol. The number of hydrogen-bond donors (Lipinski definition) is 1. The van der Waals surface area contributed by atoms with E-state index in [1.165, 1.54) is 5.56 Å². The molecule has 0 spiro atoms. The molecule has 2 aromatic carbocycles. The zero-order valence-electron chi connectivity index (χ0n) is 16.9. The summed E-state index contributed by atoms with van der Waals surface area (Å²) >= 11 is 0. The van der Waals surface area contributed by atoms with Gasteiger partial charge in [0.25, 0.3) is 5.91 Å². The quantitative estimate of drug-likeness (QED) is 0.705. The molecule has 1 unspecified atom stereocenters. The van der Waals surface area contributed by atoms with E-state index < -0.39 is 0 Å². The maximum atomic E-state index is 12.9. The summed E-state index contributed by atoms with van der Waals surface area (Å²) in [5.74, 6) is -0.0333. The molecular weight excluding hydrogens is 360 g/mol. The summed E-state index contributed by atoms with van der Waals surface area (Å²) in [6.45, 7) is 4.72. The molecule has 1 atom stereocenters. The van der Waals surface area contributed by atoms with Crippen molar-refractivity contribution < 1.29 is 4.79 Å². The molecule has 1 fully saturated rings. The molecule has 2 heterocycles. The molecule has 0 bridgehead atoms. The second-order valence-electron chi connectivity index (χ2n) is 7.62. The van der Waals surface area contributed by atoms with E-state index in [-0.39, 0.29) is 11.9 Å². The van der Waals surface area contributed by atoms with Crippen molar-refractivity contribution in [2.45, 2.75) is 6.04 Å². The first-order chi connectivity index (χ1) is 14.2. The van der Waals surface area contributed by atoms with Crippen LogP contribution in [0.5, 0.6) is 0 Å². The van der Waals surface area contributed by atoms with Gasteiger partial charge in [-0.05, 0) is 42.9 Å². The van der Waals surface area contributed by atoms with Gasteiger partial charge in [-0.15, -0.1) is 0 Å². The number of carbonyl (C=O) groups excluding carboxylic acids is 1. The molecule has 1 aliphatic heterocycles. The van der Waals surface area contributed by atoms with E-state index in [0.717, 1.165) is 31.9 Å². The van der Waals surface area contributed by atoms with Crippen LogP contribution in [0.4, 0.5) is 0 Å². The molecule has 1 amide bonds. The molecule has 5 nitrogen and oxygen atoms in total. The number of carbonyl (C=O) groups is 1. The van der Waals surface area contributed by atoms with E-state index in [1.807, 2.05) is 59.4 Å². The van der Waals surface area contributed by atoms with Gasteiger partial charge in [0.15, 0.2) is 0 Å². The molecule has 5 heteroatoms. The second-order valence-corrected chi connectivity index (χ2v) is 7.62. The molecule has 0 radical (unpaired) electrons. The van der Waals surface area contributed by atoms with E-state index in [0.29, 0.717) is 12.1 Å². The van der Waals surface area contributed by atoms with Gasteiger partial charge in [-0.1, -0.05) is 36.4 Å². The Bertz CT molecular complexity index is 915. The second kappa shape index (κ2) is 9.07. The first-order valence-corrected chi connectivity index (χ1v) is 10.2. The van der Waals surface area contributed by atoms with Crippen molar-refractivity contribution in [3.63, 3.8) is 0 Å². The lowest BCUT2D eigenvalue weighted by atomic mass is 10.0. The van der Waals surface area contributed by atoms with Crippen molar-refractivity contribution in [3.05, 3.63) is 90.3 Å². The Morgan fingerprint density at radius 1 is 0.931 bits per heavy atom. The largest absolute Gasteiger partial charge is 0.350 e. The highest BCUT2D eigenvalue weighted by atomic mass is 16.1. The monoisotopic (exact) mass is 388 g/mol. The van der Waals surface area contributed by atoms with Crippen LogP contribution < -0.4 is 5.32 Å². The van der Waals surface area contributed by atoms with E-state index in [2.05, 4.69) is 46.4 Å². The average molecular weight is 389 g/mol. The predicted octanol–water partition coefficient (Wildman–Crippen LogP) is 3.20. The third-order valence-corrected chi connectivity index (χ3v) is 5.63. The molecule has 0 saturated carbocycles. The Hall–Kier alpha value is -2.89. The number of likely N-dealkylation sites (N-methyl/N-ethyl adjacent to an activating group) is 1. The van der Waals surface area contributed by atoms with E-state index >= 15 is 0 Å². The van der Waals surface area contributed by atoms with Crippen molar-refractivity contribution in [2.75, 3.05) is 39.8 Å². The molecule has 29 heavy (non-hydrogen) atoms. The fourth-order valence-electron chi connectivity index (χ4n) is 3.87. The van der Waals surface area contributed by atoms with E-state index in [1.54, 1.807) is 0 Å². The number of amides is 1. The SMILES string of the molecule is CN1CCN(C(CNC(=O)c2cccc(-n3cccc3)c2)c2ccccc2)CC1. The molecule has 150 valence electrons. The Balaban J connectivity index is 1.47. The minimum absolute atomic E-state index is 0.0333. The summed E-state index contributed by atoms with van der Waals surface area (Å²) < 4.78 is 2.01. The molecule has 1 aromatic heterocycles. The Morgan fingerprint density at radius 3 is 2.38 bits per heavy atom. The van der Waals surface area contributed by atoms with Crippen molar-refractivity contribution in [3.8, 4) is 5.69 Å². The van der Waals surface area contributed by atoms with E-state index in [9.17, 15) is 4.79 Å². The van der Waals surface area contributed by atoms with Gasteiger partial charge < -0.3 is 14.8 Å². The third-order valence-electron chi connectivity index (χ3n) is 5.63. The molecule has 3 aromatic rings. The minimum Gasteiger partial charge on any atom is -0.350 e. The number of rotatable bonds is 6. The van der Waals surface area contributed by atoms with Gasteiger partial charge in [0.05, 0.1) is 6.04 Å². The van der Waals surface area contributed by atoms with E-state index in [4.69, 9.17) is 0 Å². The highest BCUT2D eigenvalue weighted by molar-refractivity contribution is 5.94. The van der Waals surface area contributed by atoms with Gasteiger partial charge in [0.2, 0.25) is 0 Å². The Morgan fingerprint density at radius 2 is 1.66 bits per heavy atom. The smallest absolute Gasteiger partial charge is 0.251 e. The summed E-state index contributed by atoms with van der Waals surface area (Å²) in [7, 11) is 2.16. The van der Waals surface area contributed by atoms with Crippen molar-refractivity contribution >= 4 is 5.91 Å². The number of nitrogens with zero attached hydrogens (tertiary/aromatic N) is 3. The first kappa shape index (κ1) is 19.4. The topological polar surface area (TPSA) is 40.5 Å². The average Bonchev–Trinajstić information content (AvgIpc) is 3.31. The maximum absolute atomic E-state index is 12.9. The lowest BCUT2D eigenvalue weighted by molar-refractivity contribution is 0.0886. The Kier molecular flexibility index (Phi) is 6.08. The van der Waals surface area contributed by atoms with Gasteiger partial charge in [0.1, 0.15) is 0 Å². The first-order valence-electron chi connectivity index (χ1n) is 10.2. The van der Waals surface area contributed by atoms with Crippen LogP contribution in [0.2, 0.25) is 0 Å². The van der Waals surface area contributed by atoms with Crippen LogP contribution in [-0.2, 0) is 0 Å². The summed E-state index contributed by atoms with van der Waals surface area (Å²) in [6, 6.07) is 22.4. The summed E-state index contributed by atoms with van der Waals surface area (Å²) in [5.41, 5.74) is 2.92. The number of nitrogens with one attached hydrogen (secondary N) is 1. The van der Waals surface area contributed by atoms with Crippen LogP contribution in [0.1, 0.15) is 22.0 Å². The molecular formula is C24H28N4O. The molecule has 1 saturated heterocycles. The van der Waals surface area contributed by atoms with Gasteiger partial charge in [0, 0.05) is 56.4 Å². The van der Waals surface area contributed by atoms with Gasteiger partial charge in [-0.25, -0.2) is 0 Å². The highest BCUT2D eigenvalue weighted by Crippen LogP contribution is 2.21. The maximum Gasteiger partial charge on any atom is 0.251 e.